The molecule has 5 rings (SSSR count). The summed E-state index contributed by atoms with van der Waals surface area (Å²) in [6, 6.07) is 14.3. The van der Waals surface area contributed by atoms with Crippen LogP contribution in [0.2, 0.25) is 0 Å². The highest BCUT2D eigenvalue weighted by atomic mass is 32.2. The molecule has 5 atom stereocenters. The summed E-state index contributed by atoms with van der Waals surface area (Å²) in [5.74, 6) is -1.01. The summed E-state index contributed by atoms with van der Waals surface area (Å²) >= 11 is 1.65. The molecule has 3 amide bonds. The summed E-state index contributed by atoms with van der Waals surface area (Å²) in [5, 5.41) is 15.6. The van der Waals surface area contributed by atoms with Crippen molar-refractivity contribution in [2.75, 3.05) is 48.4 Å². The SMILES string of the molecule is CCOc1ccc(NC(=O)[C@H]2[C@H]3C(=O)N(CCCCO)C(C(=O)Nc4ccc(N(CC)CC)cc4)C34CC[C@]2(C)S4)cc1. The lowest BCUT2D eigenvalue weighted by Gasteiger charge is -2.35. The average molecular weight is 609 g/mol. The van der Waals surface area contributed by atoms with Crippen molar-refractivity contribution < 1.29 is 24.2 Å². The van der Waals surface area contributed by atoms with Crippen LogP contribution in [0.5, 0.6) is 5.75 Å². The van der Waals surface area contributed by atoms with Gasteiger partial charge in [-0.1, -0.05) is 0 Å². The molecule has 3 aliphatic heterocycles. The Hall–Kier alpha value is -3.24. The van der Waals surface area contributed by atoms with Gasteiger partial charge < -0.3 is 30.3 Å². The second-order valence-electron chi connectivity index (χ2n) is 11.8. The number of fused-ring (bicyclic) bond motifs is 1. The number of carbonyl (C=O) groups excluding carboxylic acids is 3. The molecule has 0 radical (unpaired) electrons. The Labute approximate surface area is 258 Å². The molecule has 0 aromatic heterocycles. The number of benzene rings is 2. The minimum atomic E-state index is -0.707. The van der Waals surface area contributed by atoms with E-state index in [1.807, 2.05) is 43.3 Å². The second kappa shape index (κ2) is 12.8. The number of thioether (sulfide) groups is 1. The smallest absolute Gasteiger partial charge is 0.248 e. The van der Waals surface area contributed by atoms with Crippen LogP contribution in [0, 0.1) is 11.8 Å². The Morgan fingerprint density at radius 1 is 0.977 bits per heavy atom. The molecule has 0 aliphatic carbocycles. The summed E-state index contributed by atoms with van der Waals surface area (Å²) in [6.07, 6.45) is 2.55. The number of aliphatic hydroxyl groups excluding tert-OH is 1. The molecule has 3 aliphatic rings. The van der Waals surface area contributed by atoms with E-state index in [0.717, 1.165) is 30.9 Å². The first kappa shape index (κ1) is 31.2. The summed E-state index contributed by atoms with van der Waals surface area (Å²) in [7, 11) is 0. The fourth-order valence-electron chi connectivity index (χ4n) is 7.34. The number of amides is 3. The van der Waals surface area contributed by atoms with Gasteiger partial charge in [0.05, 0.1) is 23.2 Å². The Morgan fingerprint density at radius 3 is 2.21 bits per heavy atom. The minimum absolute atomic E-state index is 0.0201. The van der Waals surface area contributed by atoms with Gasteiger partial charge in [0.2, 0.25) is 17.7 Å². The molecule has 2 unspecified atom stereocenters. The number of hydrogen-bond donors (Lipinski definition) is 3. The second-order valence-corrected chi connectivity index (χ2v) is 13.7. The number of hydrogen-bond acceptors (Lipinski definition) is 7. The highest BCUT2D eigenvalue weighted by Crippen LogP contribution is 2.71. The molecule has 2 bridgehead atoms. The number of nitrogens with one attached hydrogen (secondary N) is 2. The van der Waals surface area contributed by atoms with Gasteiger partial charge in [0.15, 0.2) is 0 Å². The topological polar surface area (TPSA) is 111 Å². The van der Waals surface area contributed by atoms with Gasteiger partial charge in [-0.2, -0.15) is 0 Å². The Morgan fingerprint density at radius 2 is 1.60 bits per heavy atom. The molecule has 3 saturated heterocycles. The van der Waals surface area contributed by atoms with Crippen molar-refractivity contribution in [3.63, 3.8) is 0 Å². The largest absolute Gasteiger partial charge is 0.494 e. The van der Waals surface area contributed by atoms with Crippen LogP contribution in [0.1, 0.15) is 53.4 Å². The molecule has 2 aromatic rings. The predicted octanol–water partition coefficient (Wildman–Crippen LogP) is 4.76. The number of nitrogens with zero attached hydrogens (tertiary/aromatic N) is 2. The van der Waals surface area contributed by atoms with Gasteiger partial charge in [-0.15, -0.1) is 11.8 Å². The van der Waals surface area contributed by atoms with E-state index in [1.165, 1.54) is 0 Å². The minimum Gasteiger partial charge on any atom is -0.494 e. The van der Waals surface area contributed by atoms with E-state index in [-0.39, 0.29) is 24.3 Å². The zero-order valence-corrected chi connectivity index (χ0v) is 26.4. The third kappa shape index (κ3) is 5.71. The highest BCUT2D eigenvalue weighted by Gasteiger charge is 2.77. The first-order chi connectivity index (χ1) is 20.7. The summed E-state index contributed by atoms with van der Waals surface area (Å²) in [4.78, 5) is 46.2. The van der Waals surface area contributed by atoms with Crippen LogP contribution >= 0.6 is 11.8 Å². The van der Waals surface area contributed by atoms with Crippen LogP contribution < -0.4 is 20.3 Å². The average Bonchev–Trinajstić information content (AvgIpc) is 3.56. The molecule has 0 saturated carbocycles. The van der Waals surface area contributed by atoms with Gasteiger partial charge in [0.25, 0.3) is 0 Å². The Balaban J connectivity index is 1.41. The molecule has 43 heavy (non-hydrogen) atoms. The van der Waals surface area contributed by atoms with Crippen molar-refractivity contribution >= 4 is 46.5 Å². The molecule has 9 nitrogen and oxygen atoms in total. The van der Waals surface area contributed by atoms with Gasteiger partial charge in [0.1, 0.15) is 11.8 Å². The van der Waals surface area contributed by atoms with E-state index in [0.29, 0.717) is 43.8 Å². The van der Waals surface area contributed by atoms with Crippen LogP contribution in [0.3, 0.4) is 0 Å². The van der Waals surface area contributed by atoms with Crippen molar-refractivity contribution in [3.05, 3.63) is 48.5 Å². The van der Waals surface area contributed by atoms with Gasteiger partial charge in [0, 0.05) is 48.1 Å². The summed E-state index contributed by atoms with van der Waals surface area (Å²) in [5.41, 5.74) is 2.41. The monoisotopic (exact) mass is 608 g/mol. The fourth-order valence-corrected chi connectivity index (χ4v) is 9.69. The predicted molar refractivity (Wildman–Crippen MR) is 172 cm³/mol. The number of aliphatic hydroxyl groups is 1. The fraction of sp³-hybridized carbons (Fsp3) is 0.545. The number of likely N-dealkylation sites (tertiary alicyclic amines) is 1. The summed E-state index contributed by atoms with van der Waals surface area (Å²) in [6.45, 7) is 10.9. The molecule has 232 valence electrons. The van der Waals surface area contributed by atoms with Gasteiger partial charge in [-0.25, -0.2) is 0 Å². The van der Waals surface area contributed by atoms with E-state index in [4.69, 9.17) is 4.74 Å². The van der Waals surface area contributed by atoms with Crippen molar-refractivity contribution in [1.82, 2.24) is 4.90 Å². The van der Waals surface area contributed by atoms with Gasteiger partial charge in [-0.3, -0.25) is 14.4 Å². The molecular formula is C33H44N4O5S. The van der Waals surface area contributed by atoms with Crippen LogP contribution in [0.25, 0.3) is 0 Å². The molecular weight excluding hydrogens is 564 g/mol. The third-order valence-electron chi connectivity index (χ3n) is 9.31. The van der Waals surface area contributed by atoms with Crippen LogP contribution in [-0.4, -0.2) is 76.1 Å². The Kier molecular flexibility index (Phi) is 9.27. The lowest BCUT2D eigenvalue weighted by Crippen LogP contribution is -2.51. The Bertz CT molecular complexity index is 1320. The summed E-state index contributed by atoms with van der Waals surface area (Å²) < 4.78 is 4.37. The quantitative estimate of drug-likeness (QED) is 0.281. The standard InChI is InChI=1S/C33H44N4O5S/c1-5-36(6-2)24-14-10-22(11-15-24)35-30(40)28-33-19-18-32(4,43-33)26(27(33)31(41)37(28)20-8-9-21-38)29(39)34-23-12-16-25(17-13-23)42-7-3/h10-17,26-28,38H,5-9,18-21H2,1-4H3,(H,34,39)(H,35,40)/t26-,27+,28?,32+,33?/m1/s1. The van der Waals surface area contributed by atoms with E-state index >= 15 is 0 Å². The third-order valence-corrected chi connectivity index (χ3v) is 11.3. The number of anilines is 3. The number of ether oxygens (including phenoxy) is 1. The lowest BCUT2D eigenvalue weighted by atomic mass is 9.66. The first-order valence-corrected chi connectivity index (χ1v) is 16.3. The number of rotatable bonds is 13. The molecule has 2 aromatic carbocycles. The highest BCUT2D eigenvalue weighted by molar-refractivity contribution is 8.02. The van der Waals surface area contributed by atoms with E-state index in [1.54, 1.807) is 28.8 Å². The van der Waals surface area contributed by atoms with Crippen LogP contribution in [0.15, 0.2) is 48.5 Å². The molecule has 3 fully saturated rings. The van der Waals surface area contributed by atoms with Crippen molar-refractivity contribution in [3.8, 4) is 5.75 Å². The normalized spacial score (nSPS) is 27.2. The zero-order chi connectivity index (χ0) is 30.8. The van der Waals surface area contributed by atoms with E-state index in [9.17, 15) is 19.5 Å². The van der Waals surface area contributed by atoms with Crippen molar-refractivity contribution in [1.29, 1.82) is 0 Å². The van der Waals surface area contributed by atoms with Gasteiger partial charge >= 0.3 is 0 Å². The maximum absolute atomic E-state index is 14.2. The van der Waals surface area contributed by atoms with Crippen molar-refractivity contribution in [2.45, 2.75) is 68.9 Å². The van der Waals surface area contributed by atoms with Crippen LogP contribution in [-0.2, 0) is 14.4 Å². The van der Waals surface area contributed by atoms with Gasteiger partial charge in [-0.05, 0) is 102 Å². The molecule has 1 spiro atoms. The zero-order valence-electron chi connectivity index (χ0n) is 25.6. The maximum Gasteiger partial charge on any atom is 0.248 e. The first-order valence-electron chi connectivity index (χ1n) is 15.5. The maximum atomic E-state index is 14.2. The van der Waals surface area contributed by atoms with Crippen molar-refractivity contribution in [2.24, 2.45) is 11.8 Å². The van der Waals surface area contributed by atoms with Crippen LogP contribution in [0.4, 0.5) is 17.1 Å². The lowest BCUT2D eigenvalue weighted by molar-refractivity contribution is -0.139. The molecule has 3 N–H and O–H groups in total. The van der Waals surface area contributed by atoms with E-state index < -0.39 is 27.4 Å². The number of carbonyl (C=O) groups is 3. The number of unbranched alkanes of at least 4 members (excludes halogenated alkanes) is 1. The molecule has 10 heteroatoms. The molecule has 3 heterocycles. The van der Waals surface area contributed by atoms with E-state index in [2.05, 4.69) is 36.3 Å².